The molecular formula is C23H28N2O5. The van der Waals surface area contributed by atoms with Gasteiger partial charge in [0.2, 0.25) is 0 Å². The van der Waals surface area contributed by atoms with Crippen LogP contribution < -0.4 is 15.0 Å². The van der Waals surface area contributed by atoms with E-state index in [9.17, 15) is 9.59 Å². The molecule has 1 N–H and O–H groups in total. The predicted octanol–water partition coefficient (Wildman–Crippen LogP) is 3.17. The van der Waals surface area contributed by atoms with Crippen LogP contribution in [-0.2, 0) is 19.1 Å². The van der Waals surface area contributed by atoms with Gasteiger partial charge in [0.05, 0.1) is 19.8 Å². The summed E-state index contributed by atoms with van der Waals surface area (Å²) in [7, 11) is 0. The number of rotatable bonds is 9. The van der Waals surface area contributed by atoms with E-state index in [0.717, 1.165) is 43.3 Å². The van der Waals surface area contributed by atoms with Crippen LogP contribution in [0.25, 0.3) is 0 Å². The third-order valence-electron chi connectivity index (χ3n) is 4.68. The summed E-state index contributed by atoms with van der Waals surface area (Å²) in [6.07, 6.45) is 0.727. The average Bonchev–Trinajstić information content (AvgIpc) is 2.76. The van der Waals surface area contributed by atoms with Gasteiger partial charge in [0, 0.05) is 30.9 Å². The molecule has 1 heterocycles. The van der Waals surface area contributed by atoms with Crippen LogP contribution in [0.1, 0.15) is 18.4 Å². The van der Waals surface area contributed by atoms with Crippen LogP contribution >= 0.6 is 0 Å². The minimum atomic E-state index is -0.416. The second-order valence-corrected chi connectivity index (χ2v) is 7.12. The van der Waals surface area contributed by atoms with Gasteiger partial charge < -0.3 is 24.4 Å². The maximum absolute atomic E-state index is 12.0. The minimum Gasteiger partial charge on any atom is -0.494 e. The zero-order valence-corrected chi connectivity index (χ0v) is 17.3. The van der Waals surface area contributed by atoms with Crippen molar-refractivity contribution in [1.82, 2.24) is 0 Å². The number of anilines is 2. The molecule has 0 radical (unpaired) electrons. The summed E-state index contributed by atoms with van der Waals surface area (Å²) >= 11 is 0. The Morgan fingerprint density at radius 1 is 1.10 bits per heavy atom. The molecule has 7 heteroatoms. The molecule has 1 fully saturated rings. The smallest absolute Gasteiger partial charge is 0.306 e. The molecule has 7 nitrogen and oxygen atoms in total. The Labute approximate surface area is 176 Å². The summed E-state index contributed by atoms with van der Waals surface area (Å²) in [5.74, 6) is 0.00141. The number of carbonyl (C=O) groups excluding carboxylic acids is 2. The normalized spacial score (nSPS) is 13.6. The molecule has 0 unspecified atom stereocenters. The molecule has 0 bridgehead atoms. The summed E-state index contributed by atoms with van der Waals surface area (Å²) in [6.45, 7) is 5.27. The topological polar surface area (TPSA) is 77.1 Å². The third-order valence-corrected chi connectivity index (χ3v) is 4.68. The number of nitrogens with zero attached hydrogens (tertiary/aromatic N) is 1. The van der Waals surface area contributed by atoms with Gasteiger partial charge >= 0.3 is 5.97 Å². The molecule has 0 atom stereocenters. The molecule has 0 aliphatic carbocycles. The quantitative estimate of drug-likeness (QED) is 0.504. The minimum absolute atomic E-state index is 0.202. The van der Waals surface area contributed by atoms with Gasteiger partial charge in [-0.25, -0.2) is 0 Å². The molecule has 0 aromatic heterocycles. The lowest BCUT2D eigenvalue weighted by Crippen LogP contribution is -2.36. The maximum atomic E-state index is 12.0. The van der Waals surface area contributed by atoms with Crippen LogP contribution in [0.3, 0.4) is 0 Å². The molecule has 2 aromatic rings. The fourth-order valence-electron chi connectivity index (χ4n) is 3.10. The van der Waals surface area contributed by atoms with E-state index in [1.54, 1.807) is 0 Å². The highest BCUT2D eigenvalue weighted by molar-refractivity contribution is 5.92. The molecule has 0 spiro atoms. The van der Waals surface area contributed by atoms with Gasteiger partial charge in [-0.15, -0.1) is 0 Å². The zero-order valence-electron chi connectivity index (χ0n) is 17.3. The average molecular weight is 412 g/mol. The van der Waals surface area contributed by atoms with E-state index in [4.69, 9.17) is 14.2 Å². The van der Waals surface area contributed by atoms with Gasteiger partial charge in [-0.3, -0.25) is 9.59 Å². The van der Waals surface area contributed by atoms with E-state index < -0.39 is 5.97 Å². The van der Waals surface area contributed by atoms with Crippen LogP contribution in [0, 0.1) is 6.92 Å². The Kier molecular flexibility index (Phi) is 8.09. The number of ether oxygens (including phenoxy) is 3. The highest BCUT2D eigenvalue weighted by atomic mass is 16.5. The number of aryl methyl sites for hydroxylation is 1. The van der Waals surface area contributed by atoms with Gasteiger partial charge in [-0.2, -0.15) is 0 Å². The predicted molar refractivity (Wildman–Crippen MR) is 115 cm³/mol. The first-order valence-corrected chi connectivity index (χ1v) is 10.2. The van der Waals surface area contributed by atoms with Crippen molar-refractivity contribution in [3.63, 3.8) is 0 Å². The first-order chi connectivity index (χ1) is 14.6. The van der Waals surface area contributed by atoms with Crippen molar-refractivity contribution >= 4 is 23.3 Å². The van der Waals surface area contributed by atoms with Crippen molar-refractivity contribution in [3.8, 4) is 5.75 Å². The number of morpholine rings is 1. The summed E-state index contributed by atoms with van der Waals surface area (Å²) in [5, 5.41) is 2.74. The Bertz CT molecular complexity index is 832. The molecule has 160 valence electrons. The van der Waals surface area contributed by atoms with Crippen molar-refractivity contribution in [2.24, 2.45) is 0 Å². The lowest BCUT2D eigenvalue weighted by molar-refractivity contribution is -0.147. The molecule has 1 amide bonds. The van der Waals surface area contributed by atoms with Crippen molar-refractivity contribution in [3.05, 3.63) is 54.1 Å². The first-order valence-electron chi connectivity index (χ1n) is 10.2. The second-order valence-electron chi connectivity index (χ2n) is 7.12. The number of carbonyl (C=O) groups is 2. The number of nitrogens with one attached hydrogen (secondary N) is 1. The summed E-state index contributed by atoms with van der Waals surface area (Å²) in [4.78, 5) is 26.1. The number of hydrogen-bond acceptors (Lipinski definition) is 6. The molecule has 0 saturated carbocycles. The van der Waals surface area contributed by atoms with Crippen molar-refractivity contribution in [2.45, 2.75) is 19.8 Å². The monoisotopic (exact) mass is 412 g/mol. The molecule has 3 rings (SSSR count). The Balaban J connectivity index is 1.31. The second kappa shape index (κ2) is 11.2. The highest BCUT2D eigenvalue weighted by Crippen LogP contribution is 2.19. The van der Waals surface area contributed by atoms with Crippen LogP contribution in [-0.4, -0.2) is 51.4 Å². The van der Waals surface area contributed by atoms with Gasteiger partial charge in [-0.1, -0.05) is 12.1 Å². The number of esters is 1. The van der Waals surface area contributed by atoms with Gasteiger partial charge in [-0.05, 0) is 55.3 Å². The van der Waals surface area contributed by atoms with E-state index >= 15 is 0 Å². The molecule has 30 heavy (non-hydrogen) atoms. The Morgan fingerprint density at radius 2 is 1.87 bits per heavy atom. The standard InChI is InChI=1S/C23H28N2O5/c1-18-4-2-5-21(16-18)29-13-3-6-23(27)30-17-22(26)24-19-7-9-20(10-8-19)25-11-14-28-15-12-25/h2,4-5,7-10,16H,3,6,11-15,17H2,1H3,(H,24,26). The SMILES string of the molecule is Cc1cccc(OCCCC(=O)OCC(=O)Nc2ccc(N3CCOCC3)cc2)c1. The largest absolute Gasteiger partial charge is 0.494 e. The lowest BCUT2D eigenvalue weighted by Gasteiger charge is -2.28. The van der Waals surface area contributed by atoms with Gasteiger partial charge in [0.25, 0.3) is 5.91 Å². The van der Waals surface area contributed by atoms with E-state index in [0.29, 0.717) is 18.7 Å². The molecule has 1 saturated heterocycles. The lowest BCUT2D eigenvalue weighted by atomic mass is 10.2. The van der Waals surface area contributed by atoms with Crippen LogP contribution in [0.4, 0.5) is 11.4 Å². The Morgan fingerprint density at radius 3 is 2.60 bits per heavy atom. The van der Waals surface area contributed by atoms with E-state index in [-0.39, 0.29) is 18.9 Å². The number of amides is 1. The number of benzene rings is 2. The fraction of sp³-hybridized carbons (Fsp3) is 0.391. The zero-order chi connectivity index (χ0) is 21.2. The van der Waals surface area contributed by atoms with Crippen LogP contribution in [0.15, 0.2) is 48.5 Å². The van der Waals surface area contributed by atoms with Crippen LogP contribution in [0.2, 0.25) is 0 Å². The highest BCUT2D eigenvalue weighted by Gasteiger charge is 2.12. The number of hydrogen-bond donors (Lipinski definition) is 1. The molecule has 1 aliphatic rings. The fourth-order valence-corrected chi connectivity index (χ4v) is 3.10. The van der Waals surface area contributed by atoms with Crippen molar-refractivity contribution in [2.75, 3.05) is 49.7 Å². The maximum Gasteiger partial charge on any atom is 0.306 e. The molecular weight excluding hydrogens is 384 g/mol. The molecule has 1 aliphatic heterocycles. The van der Waals surface area contributed by atoms with E-state index in [1.807, 2.05) is 55.5 Å². The third kappa shape index (κ3) is 7.08. The first kappa shape index (κ1) is 21.6. The molecule has 2 aromatic carbocycles. The van der Waals surface area contributed by atoms with E-state index in [2.05, 4.69) is 10.2 Å². The van der Waals surface area contributed by atoms with Gasteiger partial charge in [0.1, 0.15) is 5.75 Å². The summed E-state index contributed by atoms with van der Waals surface area (Å²) in [5.41, 5.74) is 2.88. The summed E-state index contributed by atoms with van der Waals surface area (Å²) < 4.78 is 16.0. The Hall–Kier alpha value is -3.06. The van der Waals surface area contributed by atoms with Crippen molar-refractivity contribution < 1.29 is 23.8 Å². The van der Waals surface area contributed by atoms with Crippen molar-refractivity contribution in [1.29, 1.82) is 0 Å². The van der Waals surface area contributed by atoms with Crippen LogP contribution in [0.5, 0.6) is 5.75 Å². The summed E-state index contributed by atoms with van der Waals surface area (Å²) in [6, 6.07) is 15.3. The van der Waals surface area contributed by atoms with E-state index in [1.165, 1.54) is 0 Å². The van der Waals surface area contributed by atoms with Gasteiger partial charge in [0.15, 0.2) is 6.61 Å².